The predicted molar refractivity (Wildman–Crippen MR) is 90.0 cm³/mol. The zero-order valence-corrected chi connectivity index (χ0v) is 14.4. The van der Waals surface area contributed by atoms with Crippen LogP contribution in [0.5, 0.6) is 11.5 Å². The summed E-state index contributed by atoms with van der Waals surface area (Å²) in [5.41, 5.74) is 2.18. The molecule has 0 fully saturated rings. The molecule has 0 amide bonds. The number of benzene rings is 1. The van der Waals surface area contributed by atoms with Gasteiger partial charge in [0.2, 0.25) is 0 Å². The number of ether oxygens (including phenoxy) is 1. The van der Waals surface area contributed by atoms with Crippen molar-refractivity contribution in [3.05, 3.63) is 52.3 Å². The molecule has 2 aromatic rings. The largest absolute Gasteiger partial charge is 0.455 e. The van der Waals surface area contributed by atoms with Gasteiger partial charge in [-0.05, 0) is 55.8 Å². The van der Waals surface area contributed by atoms with Crippen LogP contribution in [0, 0.1) is 0 Å². The molecule has 1 aromatic heterocycles. The summed E-state index contributed by atoms with van der Waals surface area (Å²) in [6, 6.07) is 10.3. The van der Waals surface area contributed by atoms with Crippen molar-refractivity contribution in [1.29, 1.82) is 0 Å². The van der Waals surface area contributed by atoms with Crippen LogP contribution in [0.25, 0.3) is 0 Å². The Hall–Kier alpha value is -1.39. The topological polar surface area (TPSA) is 34.1 Å². The molecule has 0 saturated carbocycles. The van der Waals surface area contributed by atoms with E-state index in [4.69, 9.17) is 4.74 Å². The molecule has 3 nitrogen and oxygen atoms in total. The minimum Gasteiger partial charge on any atom is -0.455 e. The van der Waals surface area contributed by atoms with Gasteiger partial charge < -0.3 is 10.1 Å². The molecule has 1 aromatic carbocycles. The van der Waals surface area contributed by atoms with Crippen LogP contribution < -0.4 is 10.1 Å². The maximum absolute atomic E-state index is 5.99. The van der Waals surface area contributed by atoms with E-state index in [1.807, 2.05) is 31.3 Å². The van der Waals surface area contributed by atoms with Gasteiger partial charge in [-0.3, -0.25) is 4.98 Å². The lowest BCUT2D eigenvalue weighted by Gasteiger charge is -2.15. The minimum absolute atomic E-state index is 0.234. The summed E-state index contributed by atoms with van der Waals surface area (Å²) >= 11 is 3.51. The Morgan fingerprint density at radius 3 is 2.48 bits per heavy atom. The van der Waals surface area contributed by atoms with Crippen LogP contribution in [0.2, 0.25) is 0 Å². The van der Waals surface area contributed by atoms with Crippen LogP contribution in [0.4, 0.5) is 0 Å². The zero-order chi connectivity index (χ0) is 15.4. The number of hydrogen-bond acceptors (Lipinski definition) is 3. The van der Waals surface area contributed by atoms with Gasteiger partial charge in [-0.1, -0.05) is 29.8 Å². The Morgan fingerprint density at radius 1 is 1.14 bits per heavy atom. The quantitative estimate of drug-likeness (QED) is 0.821. The molecule has 2 rings (SSSR count). The first kappa shape index (κ1) is 16.0. The fourth-order valence-corrected chi connectivity index (χ4v) is 2.43. The summed E-state index contributed by atoms with van der Waals surface area (Å²) in [5.74, 6) is 2.03. The van der Waals surface area contributed by atoms with E-state index in [1.54, 1.807) is 6.20 Å². The van der Waals surface area contributed by atoms with Crippen LogP contribution in [0.1, 0.15) is 44.0 Å². The van der Waals surface area contributed by atoms with Gasteiger partial charge >= 0.3 is 0 Å². The highest BCUT2D eigenvalue weighted by Crippen LogP contribution is 2.32. The third kappa shape index (κ3) is 4.05. The van der Waals surface area contributed by atoms with Gasteiger partial charge in [0, 0.05) is 10.5 Å². The van der Waals surface area contributed by atoms with E-state index >= 15 is 0 Å². The monoisotopic (exact) mass is 348 g/mol. The zero-order valence-electron chi connectivity index (χ0n) is 12.9. The molecule has 0 bridgehead atoms. The summed E-state index contributed by atoms with van der Waals surface area (Å²) < 4.78 is 7.06. The van der Waals surface area contributed by atoms with E-state index < -0.39 is 0 Å². The first-order valence-electron chi connectivity index (χ1n) is 7.11. The standard InChI is InChI=1S/C17H21BrN2O/c1-11(2)15-9-13(18)5-8-17(15)21-14-6-7-16(20-10-14)12(3)19-4/h5-12,19H,1-4H3. The Morgan fingerprint density at radius 2 is 1.90 bits per heavy atom. The average Bonchev–Trinajstić information content (AvgIpc) is 2.49. The Labute approximate surface area is 134 Å². The smallest absolute Gasteiger partial charge is 0.145 e. The number of nitrogens with one attached hydrogen (secondary N) is 1. The van der Waals surface area contributed by atoms with E-state index in [9.17, 15) is 0 Å². The lowest BCUT2D eigenvalue weighted by Crippen LogP contribution is -2.13. The highest BCUT2D eigenvalue weighted by Gasteiger charge is 2.10. The molecule has 1 heterocycles. The first-order valence-corrected chi connectivity index (χ1v) is 7.91. The van der Waals surface area contributed by atoms with Crippen LogP contribution in [-0.4, -0.2) is 12.0 Å². The number of pyridine rings is 1. The molecule has 21 heavy (non-hydrogen) atoms. The normalized spacial score (nSPS) is 12.5. The molecule has 0 spiro atoms. The van der Waals surface area contributed by atoms with Crippen molar-refractivity contribution in [2.75, 3.05) is 7.05 Å². The Balaban J connectivity index is 2.22. The van der Waals surface area contributed by atoms with Gasteiger partial charge in [-0.15, -0.1) is 0 Å². The van der Waals surface area contributed by atoms with Crippen LogP contribution >= 0.6 is 15.9 Å². The summed E-state index contributed by atoms with van der Waals surface area (Å²) in [5, 5.41) is 3.17. The van der Waals surface area contributed by atoms with E-state index in [0.29, 0.717) is 5.92 Å². The lowest BCUT2D eigenvalue weighted by atomic mass is 10.0. The summed E-state index contributed by atoms with van der Waals surface area (Å²) in [4.78, 5) is 4.44. The number of halogens is 1. The molecule has 0 radical (unpaired) electrons. The lowest BCUT2D eigenvalue weighted by molar-refractivity contribution is 0.469. The number of nitrogens with zero attached hydrogens (tertiary/aromatic N) is 1. The molecule has 1 atom stereocenters. The third-order valence-corrected chi connectivity index (χ3v) is 3.95. The molecular weight excluding hydrogens is 328 g/mol. The fraction of sp³-hybridized carbons (Fsp3) is 0.353. The van der Waals surface area contributed by atoms with Gasteiger partial charge in [0.15, 0.2) is 0 Å². The van der Waals surface area contributed by atoms with Gasteiger partial charge in [0.05, 0.1) is 11.9 Å². The molecule has 1 unspecified atom stereocenters. The van der Waals surface area contributed by atoms with Gasteiger partial charge in [0.1, 0.15) is 11.5 Å². The molecule has 112 valence electrons. The van der Waals surface area contributed by atoms with Crippen molar-refractivity contribution in [3.8, 4) is 11.5 Å². The van der Waals surface area contributed by atoms with Crippen LogP contribution in [0.3, 0.4) is 0 Å². The Bertz CT molecular complexity index is 596. The van der Waals surface area contributed by atoms with E-state index in [-0.39, 0.29) is 6.04 Å². The summed E-state index contributed by atoms with van der Waals surface area (Å²) in [7, 11) is 1.92. The predicted octanol–water partition coefficient (Wildman–Crippen LogP) is 5.04. The summed E-state index contributed by atoms with van der Waals surface area (Å²) in [6.45, 7) is 6.39. The van der Waals surface area contributed by atoms with Gasteiger partial charge in [-0.25, -0.2) is 0 Å². The highest BCUT2D eigenvalue weighted by molar-refractivity contribution is 9.10. The maximum atomic E-state index is 5.99. The molecule has 4 heteroatoms. The molecule has 0 saturated heterocycles. The van der Waals surface area contributed by atoms with Crippen molar-refractivity contribution in [1.82, 2.24) is 10.3 Å². The van der Waals surface area contributed by atoms with Crippen molar-refractivity contribution in [2.45, 2.75) is 32.7 Å². The first-order chi connectivity index (χ1) is 10.0. The molecule has 0 aliphatic carbocycles. The number of rotatable bonds is 5. The second-order valence-electron chi connectivity index (χ2n) is 5.37. The second kappa shape index (κ2) is 7.05. The molecule has 0 aliphatic rings. The van der Waals surface area contributed by atoms with E-state index in [0.717, 1.165) is 21.7 Å². The highest BCUT2D eigenvalue weighted by atomic mass is 79.9. The summed E-state index contributed by atoms with van der Waals surface area (Å²) in [6.07, 6.45) is 1.77. The Kier molecular flexibility index (Phi) is 5.37. The molecular formula is C17H21BrN2O. The molecule has 1 N–H and O–H groups in total. The average molecular weight is 349 g/mol. The minimum atomic E-state index is 0.234. The molecule has 0 aliphatic heterocycles. The van der Waals surface area contributed by atoms with Crippen molar-refractivity contribution < 1.29 is 4.74 Å². The van der Waals surface area contributed by atoms with Crippen molar-refractivity contribution >= 4 is 15.9 Å². The van der Waals surface area contributed by atoms with E-state index in [1.165, 1.54) is 5.56 Å². The SMILES string of the molecule is CNC(C)c1ccc(Oc2ccc(Br)cc2C(C)C)cn1. The van der Waals surface area contributed by atoms with Crippen molar-refractivity contribution in [3.63, 3.8) is 0 Å². The number of aromatic nitrogens is 1. The van der Waals surface area contributed by atoms with Crippen LogP contribution in [0.15, 0.2) is 41.0 Å². The van der Waals surface area contributed by atoms with Gasteiger partial charge in [-0.2, -0.15) is 0 Å². The third-order valence-electron chi connectivity index (χ3n) is 3.46. The van der Waals surface area contributed by atoms with Gasteiger partial charge in [0.25, 0.3) is 0 Å². The van der Waals surface area contributed by atoms with Crippen molar-refractivity contribution in [2.24, 2.45) is 0 Å². The maximum Gasteiger partial charge on any atom is 0.145 e. The van der Waals surface area contributed by atoms with E-state index in [2.05, 4.69) is 53.1 Å². The van der Waals surface area contributed by atoms with Crippen LogP contribution in [-0.2, 0) is 0 Å². The second-order valence-corrected chi connectivity index (χ2v) is 6.28. The fourth-order valence-electron chi connectivity index (χ4n) is 2.05. The number of hydrogen-bond donors (Lipinski definition) is 1.